The van der Waals surface area contributed by atoms with Crippen LogP contribution in [0.2, 0.25) is 0 Å². The molecular weight excluding hydrogens is 240 g/mol. The second kappa shape index (κ2) is 5.51. The van der Waals surface area contributed by atoms with Crippen LogP contribution in [-0.2, 0) is 0 Å². The van der Waals surface area contributed by atoms with E-state index in [2.05, 4.69) is 6.92 Å². The maximum Gasteiger partial charge on any atom is 0.119 e. The zero-order valence-corrected chi connectivity index (χ0v) is 12.0. The molecule has 106 valence electrons. The average Bonchev–Trinajstić information content (AvgIpc) is 2.41. The molecule has 0 aliphatic heterocycles. The molecule has 0 aromatic heterocycles. The van der Waals surface area contributed by atoms with Gasteiger partial charge in [-0.15, -0.1) is 0 Å². The van der Waals surface area contributed by atoms with Gasteiger partial charge in [0.05, 0.1) is 12.7 Å². The van der Waals surface area contributed by atoms with Crippen LogP contribution in [0.25, 0.3) is 0 Å². The highest BCUT2D eigenvalue weighted by Gasteiger charge is 2.39. The maximum absolute atomic E-state index is 10.7. The third-order valence-electron chi connectivity index (χ3n) is 4.42. The van der Waals surface area contributed by atoms with Gasteiger partial charge in [-0.05, 0) is 61.8 Å². The molecule has 0 heterocycles. The monoisotopic (exact) mass is 264 g/mol. The van der Waals surface area contributed by atoms with Crippen LogP contribution in [0.15, 0.2) is 18.2 Å². The standard InChI is InChI=1S/C16H24O3/c1-11-6-8-16(18,9-7-11)15(17)14-5-4-13(19-3)10-12(14)2/h4-5,10-11,15,17-18H,6-9H2,1-3H3. The third kappa shape index (κ3) is 2.93. The van der Waals surface area contributed by atoms with Crippen molar-refractivity contribution in [2.75, 3.05) is 7.11 Å². The lowest BCUT2D eigenvalue weighted by atomic mass is 9.74. The van der Waals surface area contributed by atoms with Gasteiger partial charge in [-0.25, -0.2) is 0 Å². The topological polar surface area (TPSA) is 49.7 Å². The van der Waals surface area contributed by atoms with Gasteiger partial charge in [0.25, 0.3) is 0 Å². The smallest absolute Gasteiger partial charge is 0.119 e. The molecule has 1 saturated carbocycles. The van der Waals surface area contributed by atoms with E-state index in [-0.39, 0.29) is 0 Å². The summed E-state index contributed by atoms with van der Waals surface area (Å²) >= 11 is 0. The molecule has 1 fully saturated rings. The van der Waals surface area contributed by atoms with E-state index in [1.165, 1.54) is 0 Å². The summed E-state index contributed by atoms with van der Waals surface area (Å²) in [4.78, 5) is 0. The Morgan fingerprint density at radius 2 is 1.95 bits per heavy atom. The van der Waals surface area contributed by atoms with E-state index in [1.807, 2.05) is 25.1 Å². The number of hydrogen-bond acceptors (Lipinski definition) is 3. The van der Waals surface area contributed by atoms with Gasteiger partial charge in [0.1, 0.15) is 11.9 Å². The Bertz CT molecular complexity index is 434. The van der Waals surface area contributed by atoms with Crippen molar-refractivity contribution in [1.29, 1.82) is 0 Å². The first-order valence-corrected chi connectivity index (χ1v) is 7.01. The first-order valence-electron chi connectivity index (χ1n) is 7.01. The lowest BCUT2D eigenvalue weighted by Crippen LogP contribution is -2.40. The van der Waals surface area contributed by atoms with Crippen LogP contribution in [0.1, 0.15) is 49.8 Å². The molecule has 1 aliphatic rings. The molecule has 19 heavy (non-hydrogen) atoms. The number of aryl methyl sites for hydroxylation is 1. The quantitative estimate of drug-likeness (QED) is 0.882. The first kappa shape index (κ1) is 14.4. The molecular formula is C16H24O3. The lowest BCUT2D eigenvalue weighted by Gasteiger charge is -2.39. The predicted octanol–water partition coefficient (Wildman–Crippen LogP) is 2.98. The molecule has 3 nitrogen and oxygen atoms in total. The van der Waals surface area contributed by atoms with Gasteiger partial charge in [0.2, 0.25) is 0 Å². The fourth-order valence-electron chi connectivity index (χ4n) is 2.91. The number of aliphatic hydroxyl groups excluding tert-OH is 1. The summed E-state index contributed by atoms with van der Waals surface area (Å²) in [5, 5.41) is 21.2. The number of aliphatic hydroxyl groups is 2. The van der Waals surface area contributed by atoms with Crippen molar-refractivity contribution in [1.82, 2.24) is 0 Å². The zero-order chi connectivity index (χ0) is 14.0. The summed E-state index contributed by atoms with van der Waals surface area (Å²) in [6.07, 6.45) is 2.47. The van der Waals surface area contributed by atoms with E-state index in [0.29, 0.717) is 18.8 Å². The Labute approximate surface area is 115 Å². The molecule has 1 aromatic rings. The van der Waals surface area contributed by atoms with Crippen LogP contribution >= 0.6 is 0 Å². The second-order valence-corrected chi connectivity index (χ2v) is 5.91. The van der Waals surface area contributed by atoms with Gasteiger partial charge in [0.15, 0.2) is 0 Å². The van der Waals surface area contributed by atoms with Gasteiger partial charge in [0, 0.05) is 0 Å². The number of hydrogen-bond donors (Lipinski definition) is 2. The highest BCUT2D eigenvalue weighted by molar-refractivity contribution is 5.37. The van der Waals surface area contributed by atoms with Crippen LogP contribution in [0.3, 0.4) is 0 Å². The maximum atomic E-state index is 10.7. The van der Waals surface area contributed by atoms with E-state index < -0.39 is 11.7 Å². The second-order valence-electron chi connectivity index (χ2n) is 5.91. The van der Waals surface area contributed by atoms with Gasteiger partial charge in [-0.1, -0.05) is 13.0 Å². The SMILES string of the molecule is COc1ccc(C(O)C2(O)CCC(C)CC2)c(C)c1. The normalized spacial score (nSPS) is 29.0. The minimum absolute atomic E-state index is 0.643. The molecule has 0 amide bonds. The minimum atomic E-state index is -0.980. The van der Waals surface area contributed by atoms with Gasteiger partial charge in [-0.3, -0.25) is 0 Å². The van der Waals surface area contributed by atoms with Gasteiger partial charge in [-0.2, -0.15) is 0 Å². The van der Waals surface area contributed by atoms with Crippen molar-refractivity contribution in [3.8, 4) is 5.75 Å². The summed E-state index contributed by atoms with van der Waals surface area (Å²) in [7, 11) is 1.63. The largest absolute Gasteiger partial charge is 0.497 e. The molecule has 3 heteroatoms. The van der Waals surface area contributed by atoms with E-state index >= 15 is 0 Å². The van der Waals surface area contributed by atoms with Crippen molar-refractivity contribution in [2.45, 2.75) is 51.2 Å². The number of rotatable bonds is 3. The number of methoxy groups -OCH3 is 1. The molecule has 0 radical (unpaired) electrons. The van der Waals surface area contributed by atoms with Crippen LogP contribution in [0, 0.1) is 12.8 Å². The van der Waals surface area contributed by atoms with E-state index in [9.17, 15) is 10.2 Å². The Morgan fingerprint density at radius 1 is 1.32 bits per heavy atom. The summed E-state index contributed by atoms with van der Waals surface area (Å²) in [5.41, 5.74) is 0.781. The van der Waals surface area contributed by atoms with E-state index in [0.717, 1.165) is 29.7 Å². The zero-order valence-electron chi connectivity index (χ0n) is 12.0. The molecule has 2 N–H and O–H groups in total. The summed E-state index contributed by atoms with van der Waals surface area (Å²) in [6.45, 7) is 4.14. The predicted molar refractivity (Wildman–Crippen MR) is 75.3 cm³/mol. The van der Waals surface area contributed by atoms with Gasteiger partial charge < -0.3 is 14.9 Å². The molecule has 0 bridgehead atoms. The summed E-state index contributed by atoms with van der Waals surface area (Å²) in [5.74, 6) is 1.42. The summed E-state index contributed by atoms with van der Waals surface area (Å²) < 4.78 is 5.17. The molecule has 1 aromatic carbocycles. The molecule has 1 unspecified atom stereocenters. The van der Waals surface area contributed by atoms with Crippen molar-refractivity contribution in [3.05, 3.63) is 29.3 Å². The van der Waals surface area contributed by atoms with Crippen LogP contribution in [0.5, 0.6) is 5.75 Å². The van der Waals surface area contributed by atoms with Crippen molar-refractivity contribution >= 4 is 0 Å². The van der Waals surface area contributed by atoms with E-state index in [1.54, 1.807) is 7.11 Å². The first-order chi connectivity index (χ1) is 8.96. The fourth-order valence-corrected chi connectivity index (χ4v) is 2.91. The van der Waals surface area contributed by atoms with Crippen LogP contribution in [0.4, 0.5) is 0 Å². The molecule has 0 spiro atoms. The van der Waals surface area contributed by atoms with Crippen molar-refractivity contribution < 1.29 is 14.9 Å². The molecule has 2 rings (SSSR count). The van der Waals surface area contributed by atoms with Crippen molar-refractivity contribution in [2.24, 2.45) is 5.92 Å². The average molecular weight is 264 g/mol. The highest BCUT2D eigenvalue weighted by Crippen LogP contribution is 2.41. The van der Waals surface area contributed by atoms with E-state index in [4.69, 9.17) is 4.74 Å². The molecule has 0 saturated heterocycles. The van der Waals surface area contributed by atoms with Crippen LogP contribution < -0.4 is 4.74 Å². The minimum Gasteiger partial charge on any atom is -0.497 e. The third-order valence-corrected chi connectivity index (χ3v) is 4.42. The lowest BCUT2D eigenvalue weighted by molar-refractivity contribution is -0.105. The Morgan fingerprint density at radius 3 is 2.47 bits per heavy atom. The summed E-state index contributed by atoms with van der Waals surface area (Å²) in [6, 6.07) is 5.59. The Hall–Kier alpha value is -1.06. The van der Waals surface area contributed by atoms with Gasteiger partial charge >= 0.3 is 0 Å². The molecule has 1 aliphatic carbocycles. The highest BCUT2D eigenvalue weighted by atomic mass is 16.5. The Kier molecular flexibility index (Phi) is 4.16. The Balaban J connectivity index is 2.21. The van der Waals surface area contributed by atoms with Crippen LogP contribution in [-0.4, -0.2) is 22.9 Å². The molecule has 1 atom stereocenters. The van der Waals surface area contributed by atoms with Crippen molar-refractivity contribution in [3.63, 3.8) is 0 Å². The fraction of sp³-hybridized carbons (Fsp3) is 0.625. The number of ether oxygens (including phenoxy) is 1. The number of benzene rings is 1.